The molecule has 3 nitrogen and oxygen atoms in total. The van der Waals surface area contributed by atoms with E-state index in [0.29, 0.717) is 4.83 Å². The molecule has 2 aromatic carbocycles. The number of nitrogens with one attached hydrogen (secondary N) is 1. The summed E-state index contributed by atoms with van der Waals surface area (Å²) in [6, 6.07) is 14.1. The van der Waals surface area contributed by atoms with Crippen LogP contribution in [0.3, 0.4) is 0 Å². The topological polar surface area (TPSA) is 32.3 Å². The molecule has 1 fully saturated rings. The largest absolute Gasteiger partial charge is 0.323 e. The molecule has 3 rings (SSSR count). The number of likely N-dealkylation sites (tertiary alicyclic amines) is 1. The SMILES string of the molecule is O=C(Nc1cccc2ccccc12)N1CCC[C@H](Br)C1. The van der Waals surface area contributed by atoms with Crippen LogP contribution >= 0.6 is 15.9 Å². The van der Waals surface area contributed by atoms with Gasteiger partial charge in [-0.2, -0.15) is 0 Å². The molecule has 1 aliphatic heterocycles. The van der Waals surface area contributed by atoms with Gasteiger partial charge in [-0.15, -0.1) is 0 Å². The van der Waals surface area contributed by atoms with Crippen molar-refractivity contribution in [3.63, 3.8) is 0 Å². The minimum absolute atomic E-state index is 0.00879. The molecular formula is C16H17BrN2O. The van der Waals surface area contributed by atoms with E-state index in [1.807, 2.05) is 35.2 Å². The summed E-state index contributed by atoms with van der Waals surface area (Å²) in [5, 5.41) is 5.26. The Kier molecular flexibility index (Phi) is 3.92. The van der Waals surface area contributed by atoms with Gasteiger partial charge in [0.15, 0.2) is 0 Å². The average Bonchev–Trinajstić information content (AvgIpc) is 2.47. The normalized spacial score (nSPS) is 19.1. The van der Waals surface area contributed by atoms with Gasteiger partial charge >= 0.3 is 6.03 Å². The summed E-state index contributed by atoms with van der Waals surface area (Å²) in [5.74, 6) is 0. The summed E-state index contributed by atoms with van der Waals surface area (Å²) in [7, 11) is 0. The van der Waals surface area contributed by atoms with Crippen molar-refractivity contribution < 1.29 is 4.79 Å². The first-order chi connectivity index (χ1) is 9.74. The Bertz CT molecular complexity index is 623. The number of carbonyl (C=O) groups is 1. The maximum absolute atomic E-state index is 12.4. The van der Waals surface area contributed by atoms with E-state index in [1.165, 1.54) is 0 Å². The van der Waals surface area contributed by atoms with Gasteiger partial charge in [-0.05, 0) is 24.3 Å². The lowest BCUT2D eigenvalue weighted by molar-refractivity contribution is 0.202. The number of amides is 2. The molecule has 0 aliphatic carbocycles. The summed E-state index contributed by atoms with van der Waals surface area (Å²) < 4.78 is 0. The molecule has 2 aromatic rings. The molecule has 4 heteroatoms. The molecule has 1 saturated heterocycles. The van der Waals surface area contributed by atoms with Crippen LogP contribution in [-0.2, 0) is 0 Å². The first-order valence-corrected chi connectivity index (χ1v) is 7.83. The van der Waals surface area contributed by atoms with E-state index in [9.17, 15) is 4.79 Å². The van der Waals surface area contributed by atoms with Gasteiger partial charge in [0.05, 0.1) is 5.69 Å². The van der Waals surface area contributed by atoms with Gasteiger partial charge in [0, 0.05) is 23.3 Å². The zero-order valence-corrected chi connectivity index (χ0v) is 12.8. The second kappa shape index (κ2) is 5.83. The number of carbonyl (C=O) groups excluding carboxylic acids is 1. The van der Waals surface area contributed by atoms with Crippen molar-refractivity contribution in [2.45, 2.75) is 17.7 Å². The molecule has 1 aliphatic rings. The summed E-state index contributed by atoms with van der Waals surface area (Å²) in [6.07, 6.45) is 2.19. The number of hydrogen-bond donors (Lipinski definition) is 1. The van der Waals surface area contributed by atoms with Crippen LogP contribution in [0.1, 0.15) is 12.8 Å². The third kappa shape index (κ3) is 2.80. The van der Waals surface area contributed by atoms with Crippen molar-refractivity contribution in [1.29, 1.82) is 0 Å². The molecule has 1 heterocycles. The lowest BCUT2D eigenvalue weighted by Gasteiger charge is -2.30. The van der Waals surface area contributed by atoms with Crippen molar-refractivity contribution in [1.82, 2.24) is 4.90 Å². The minimum atomic E-state index is -0.00879. The minimum Gasteiger partial charge on any atom is -0.323 e. The van der Waals surface area contributed by atoms with Gasteiger partial charge in [-0.3, -0.25) is 0 Å². The van der Waals surface area contributed by atoms with Crippen LogP contribution in [-0.4, -0.2) is 28.8 Å². The van der Waals surface area contributed by atoms with E-state index in [1.54, 1.807) is 0 Å². The third-order valence-electron chi connectivity index (χ3n) is 3.68. The highest BCUT2D eigenvalue weighted by atomic mass is 79.9. The Morgan fingerprint density at radius 2 is 2.00 bits per heavy atom. The van der Waals surface area contributed by atoms with Gasteiger partial charge < -0.3 is 10.2 Å². The summed E-state index contributed by atoms with van der Waals surface area (Å²) >= 11 is 3.60. The van der Waals surface area contributed by atoms with E-state index < -0.39 is 0 Å². The monoisotopic (exact) mass is 332 g/mol. The number of rotatable bonds is 1. The van der Waals surface area contributed by atoms with Crippen LogP contribution in [0.4, 0.5) is 10.5 Å². The third-order valence-corrected chi connectivity index (χ3v) is 4.43. The Hall–Kier alpha value is -1.55. The van der Waals surface area contributed by atoms with Gasteiger partial charge in [-0.1, -0.05) is 52.3 Å². The molecule has 0 unspecified atom stereocenters. The van der Waals surface area contributed by atoms with E-state index in [-0.39, 0.29) is 6.03 Å². The van der Waals surface area contributed by atoms with Crippen LogP contribution in [0.15, 0.2) is 42.5 Å². The second-order valence-electron chi connectivity index (χ2n) is 5.14. The summed E-state index contributed by atoms with van der Waals surface area (Å²) in [5.41, 5.74) is 0.879. The fraction of sp³-hybridized carbons (Fsp3) is 0.312. The summed E-state index contributed by atoms with van der Waals surface area (Å²) in [6.45, 7) is 1.61. The van der Waals surface area contributed by atoms with Gasteiger partial charge in [0.2, 0.25) is 0 Å². The van der Waals surface area contributed by atoms with Crippen LogP contribution < -0.4 is 5.32 Å². The van der Waals surface area contributed by atoms with Crippen LogP contribution in [0.5, 0.6) is 0 Å². The zero-order valence-electron chi connectivity index (χ0n) is 11.2. The highest BCUT2D eigenvalue weighted by Gasteiger charge is 2.22. The first kappa shape index (κ1) is 13.4. The Morgan fingerprint density at radius 3 is 2.85 bits per heavy atom. The Morgan fingerprint density at radius 1 is 1.20 bits per heavy atom. The lowest BCUT2D eigenvalue weighted by atomic mass is 10.1. The fourth-order valence-electron chi connectivity index (χ4n) is 2.64. The van der Waals surface area contributed by atoms with Gasteiger partial charge in [0.25, 0.3) is 0 Å². The van der Waals surface area contributed by atoms with Crippen LogP contribution in [0.25, 0.3) is 10.8 Å². The molecule has 104 valence electrons. The first-order valence-electron chi connectivity index (χ1n) is 6.92. The van der Waals surface area contributed by atoms with E-state index in [4.69, 9.17) is 0 Å². The molecule has 0 saturated carbocycles. The highest BCUT2D eigenvalue weighted by molar-refractivity contribution is 9.09. The van der Waals surface area contributed by atoms with Crippen LogP contribution in [0, 0.1) is 0 Å². The number of fused-ring (bicyclic) bond motifs is 1. The molecule has 0 aromatic heterocycles. The molecule has 20 heavy (non-hydrogen) atoms. The lowest BCUT2D eigenvalue weighted by Crippen LogP contribution is -2.42. The summed E-state index contributed by atoms with van der Waals surface area (Å²) in [4.78, 5) is 14.6. The molecule has 2 amide bonds. The molecule has 1 N–H and O–H groups in total. The van der Waals surface area contributed by atoms with E-state index in [2.05, 4.69) is 33.4 Å². The maximum atomic E-state index is 12.4. The zero-order chi connectivity index (χ0) is 13.9. The second-order valence-corrected chi connectivity index (χ2v) is 6.44. The number of urea groups is 1. The number of nitrogens with zero attached hydrogens (tertiary/aromatic N) is 1. The van der Waals surface area contributed by atoms with Crippen molar-refractivity contribution in [3.05, 3.63) is 42.5 Å². The highest BCUT2D eigenvalue weighted by Crippen LogP contribution is 2.24. The number of anilines is 1. The molecule has 1 atom stereocenters. The van der Waals surface area contributed by atoms with Crippen LogP contribution in [0.2, 0.25) is 0 Å². The van der Waals surface area contributed by atoms with Crippen molar-refractivity contribution in [2.24, 2.45) is 0 Å². The average molecular weight is 333 g/mol. The molecule has 0 radical (unpaired) electrons. The number of piperidine rings is 1. The number of halogens is 1. The standard InChI is InChI=1S/C16H17BrN2O/c17-13-7-4-10-19(11-13)16(20)18-15-9-3-6-12-5-1-2-8-14(12)15/h1-3,5-6,8-9,13H,4,7,10-11H2,(H,18,20)/t13-/m0/s1. The van der Waals surface area contributed by atoms with E-state index >= 15 is 0 Å². The molecule has 0 spiro atoms. The Balaban J connectivity index is 1.80. The quantitative estimate of drug-likeness (QED) is 0.778. The predicted octanol–water partition coefficient (Wildman–Crippen LogP) is 4.23. The van der Waals surface area contributed by atoms with Crippen molar-refractivity contribution >= 4 is 38.4 Å². The smallest absolute Gasteiger partial charge is 0.321 e. The number of benzene rings is 2. The van der Waals surface area contributed by atoms with Gasteiger partial charge in [0.1, 0.15) is 0 Å². The predicted molar refractivity (Wildman–Crippen MR) is 86.5 cm³/mol. The van der Waals surface area contributed by atoms with E-state index in [0.717, 1.165) is 42.4 Å². The van der Waals surface area contributed by atoms with Crippen molar-refractivity contribution in [2.75, 3.05) is 18.4 Å². The molecule has 0 bridgehead atoms. The Labute approximate surface area is 127 Å². The number of hydrogen-bond acceptors (Lipinski definition) is 1. The fourth-order valence-corrected chi connectivity index (χ4v) is 3.31. The van der Waals surface area contributed by atoms with Gasteiger partial charge in [-0.25, -0.2) is 4.79 Å². The number of alkyl halides is 1. The molecular weight excluding hydrogens is 316 g/mol. The maximum Gasteiger partial charge on any atom is 0.321 e. The van der Waals surface area contributed by atoms with Crippen molar-refractivity contribution in [3.8, 4) is 0 Å².